The standard InChI is InChI=1S/C19H36O2/c1-6-7-8-11-16(2)12-9-14-19(5,21)15-10-13-17(3)18(4)20/h12,17,20-21H,4,6-11,13-15H2,1-3,5H3/b16-12+. The topological polar surface area (TPSA) is 40.5 Å². The molecule has 0 aromatic heterocycles. The van der Waals surface area contributed by atoms with Gasteiger partial charge in [0.1, 0.15) is 0 Å². The van der Waals surface area contributed by atoms with Gasteiger partial charge >= 0.3 is 0 Å². The Balaban J connectivity index is 3.90. The van der Waals surface area contributed by atoms with E-state index >= 15 is 0 Å². The second-order valence-electron chi connectivity index (χ2n) is 6.83. The molecule has 2 heteroatoms. The third-order valence-electron chi connectivity index (χ3n) is 4.27. The van der Waals surface area contributed by atoms with Gasteiger partial charge in [0.05, 0.1) is 11.4 Å². The molecule has 0 aromatic carbocycles. The fraction of sp³-hybridized carbons (Fsp3) is 0.789. The minimum absolute atomic E-state index is 0.126. The molecular formula is C19H36O2. The summed E-state index contributed by atoms with van der Waals surface area (Å²) in [5.41, 5.74) is 0.848. The maximum absolute atomic E-state index is 10.4. The number of aliphatic hydroxyl groups excluding tert-OH is 1. The number of rotatable bonds is 12. The van der Waals surface area contributed by atoms with Crippen molar-refractivity contribution < 1.29 is 10.2 Å². The van der Waals surface area contributed by atoms with Crippen LogP contribution in [0.1, 0.15) is 85.5 Å². The summed E-state index contributed by atoms with van der Waals surface area (Å²) >= 11 is 0. The largest absolute Gasteiger partial charge is 0.513 e. The second-order valence-corrected chi connectivity index (χ2v) is 6.83. The third-order valence-corrected chi connectivity index (χ3v) is 4.27. The Labute approximate surface area is 132 Å². The highest BCUT2D eigenvalue weighted by atomic mass is 16.3. The van der Waals surface area contributed by atoms with E-state index in [2.05, 4.69) is 26.5 Å². The Morgan fingerprint density at radius 1 is 1.24 bits per heavy atom. The van der Waals surface area contributed by atoms with Crippen molar-refractivity contribution in [1.82, 2.24) is 0 Å². The van der Waals surface area contributed by atoms with Gasteiger partial charge in [-0.25, -0.2) is 0 Å². The summed E-state index contributed by atoms with van der Waals surface area (Å²) in [6.07, 6.45) is 11.7. The van der Waals surface area contributed by atoms with Gasteiger partial charge in [-0.05, 0) is 58.8 Å². The minimum atomic E-state index is -0.600. The molecule has 0 heterocycles. The lowest BCUT2D eigenvalue weighted by molar-refractivity contribution is 0.0393. The normalized spacial score (nSPS) is 16.5. The molecule has 0 spiro atoms. The highest BCUT2D eigenvalue weighted by molar-refractivity contribution is 4.98. The van der Waals surface area contributed by atoms with Crippen LogP contribution in [-0.2, 0) is 0 Å². The van der Waals surface area contributed by atoms with Crippen molar-refractivity contribution in [2.75, 3.05) is 0 Å². The van der Waals surface area contributed by atoms with Crippen LogP contribution >= 0.6 is 0 Å². The highest BCUT2D eigenvalue weighted by Gasteiger charge is 2.19. The van der Waals surface area contributed by atoms with Gasteiger partial charge in [-0.3, -0.25) is 0 Å². The van der Waals surface area contributed by atoms with Gasteiger partial charge < -0.3 is 10.2 Å². The van der Waals surface area contributed by atoms with Gasteiger partial charge in [0, 0.05) is 5.92 Å². The van der Waals surface area contributed by atoms with E-state index in [-0.39, 0.29) is 11.7 Å². The summed E-state index contributed by atoms with van der Waals surface area (Å²) in [4.78, 5) is 0. The fourth-order valence-electron chi connectivity index (χ4n) is 2.47. The predicted octanol–water partition coefficient (Wildman–Crippen LogP) is 5.92. The van der Waals surface area contributed by atoms with Gasteiger partial charge in [0.15, 0.2) is 0 Å². The highest BCUT2D eigenvalue weighted by Crippen LogP contribution is 2.23. The maximum Gasteiger partial charge on any atom is 0.0879 e. The first-order valence-electron chi connectivity index (χ1n) is 8.54. The third kappa shape index (κ3) is 11.6. The smallest absolute Gasteiger partial charge is 0.0879 e. The average Bonchev–Trinajstić information content (AvgIpc) is 2.38. The SMILES string of the molecule is C=C(O)C(C)CCCC(C)(O)CC/C=C(\C)CCCCC. The molecule has 0 aromatic rings. The van der Waals surface area contributed by atoms with Crippen molar-refractivity contribution in [3.63, 3.8) is 0 Å². The van der Waals surface area contributed by atoms with Crippen molar-refractivity contribution in [1.29, 1.82) is 0 Å². The van der Waals surface area contributed by atoms with Crippen molar-refractivity contribution in [2.24, 2.45) is 5.92 Å². The van der Waals surface area contributed by atoms with Crippen LogP contribution in [-0.4, -0.2) is 15.8 Å². The minimum Gasteiger partial charge on any atom is -0.513 e. The van der Waals surface area contributed by atoms with Crippen LogP contribution in [0.2, 0.25) is 0 Å². The Morgan fingerprint density at radius 3 is 2.48 bits per heavy atom. The van der Waals surface area contributed by atoms with Gasteiger partial charge in [-0.1, -0.05) is 44.9 Å². The lowest BCUT2D eigenvalue weighted by atomic mass is 9.90. The molecule has 0 rings (SSSR count). The van der Waals surface area contributed by atoms with E-state index in [9.17, 15) is 10.2 Å². The predicted molar refractivity (Wildman–Crippen MR) is 92.5 cm³/mol. The van der Waals surface area contributed by atoms with E-state index in [1.54, 1.807) is 0 Å². The molecule has 2 N–H and O–H groups in total. The summed E-state index contributed by atoms with van der Waals surface area (Å²) in [7, 11) is 0. The Hall–Kier alpha value is -0.760. The molecule has 0 bridgehead atoms. The molecule has 2 nitrogen and oxygen atoms in total. The first-order valence-corrected chi connectivity index (χ1v) is 8.54. The quantitative estimate of drug-likeness (QED) is 0.266. The van der Waals surface area contributed by atoms with Crippen molar-refractivity contribution in [2.45, 2.75) is 91.1 Å². The molecule has 0 radical (unpaired) electrons. The Bertz CT molecular complexity index is 316. The number of allylic oxidation sites excluding steroid dienone is 3. The summed E-state index contributed by atoms with van der Waals surface area (Å²) in [6.45, 7) is 11.9. The van der Waals surface area contributed by atoms with Crippen LogP contribution in [0.5, 0.6) is 0 Å². The molecule has 0 saturated carbocycles. The molecule has 0 fully saturated rings. The Kier molecular flexibility index (Phi) is 10.5. The summed E-state index contributed by atoms with van der Waals surface area (Å²) < 4.78 is 0. The lowest BCUT2D eigenvalue weighted by Crippen LogP contribution is -2.23. The van der Waals surface area contributed by atoms with Crippen LogP contribution in [0.4, 0.5) is 0 Å². The first-order chi connectivity index (χ1) is 9.78. The van der Waals surface area contributed by atoms with Crippen LogP contribution in [0.25, 0.3) is 0 Å². The average molecular weight is 296 g/mol. The van der Waals surface area contributed by atoms with Crippen LogP contribution in [0.15, 0.2) is 24.0 Å². The van der Waals surface area contributed by atoms with E-state index in [1.807, 2.05) is 13.8 Å². The molecule has 2 atom stereocenters. The fourth-order valence-corrected chi connectivity index (χ4v) is 2.47. The summed E-state index contributed by atoms with van der Waals surface area (Å²) in [5, 5.41) is 19.7. The van der Waals surface area contributed by atoms with E-state index in [0.29, 0.717) is 0 Å². The van der Waals surface area contributed by atoms with Crippen LogP contribution in [0, 0.1) is 5.92 Å². The maximum atomic E-state index is 10.4. The van der Waals surface area contributed by atoms with E-state index in [4.69, 9.17) is 0 Å². The molecular weight excluding hydrogens is 260 g/mol. The molecule has 0 aliphatic carbocycles. The van der Waals surface area contributed by atoms with E-state index < -0.39 is 5.60 Å². The number of unbranched alkanes of at least 4 members (excludes halogenated alkanes) is 2. The molecule has 21 heavy (non-hydrogen) atoms. The van der Waals surface area contributed by atoms with Gasteiger partial charge in [-0.2, -0.15) is 0 Å². The van der Waals surface area contributed by atoms with Crippen molar-refractivity contribution in [3.8, 4) is 0 Å². The summed E-state index contributed by atoms with van der Waals surface area (Å²) in [5.74, 6) is 0.377. The molecule has 124 valence electrons. The zero-order chi connectivity index (χ0) is 16.3. The number of hydrogen-bond donors (Lipinski definition) is 2. The molecule has 2 unspecified atom stereocenters. The Morgan fingerprint density at radius 2 is 1.90 bits per heavy atom. The first kappa shape index (κ1) is 20.2. The van der Waals surface area contributed by atoms with Crippen LogP contribution < -0.4 is 0 Å². The number of aliphatic hydroxyl groups is 2. The van der Waals surface area contributed by atoms with Crippen molar-refractivity contribution in [3.05, 3.63) is 24.0 Å². The van der Waals surface area contributed by atoms with Gasteiger partial charge in [-0.15, -0.1) is 0 Å². The van der Waals surface area contributed by atoms with Crippen LogP contribution in [0.3, 0.4) is 0 Å². The molecule has 0 aliphatic rings. The zero-order valence-corrected chi connectivity index (χ0v) is 14.6. The van der Waals surface area contributed by atoms with E-state index in [1.165, 1.54) is 31.3 Å². The zero-order valence-electron chi connectivity index (χ0n) is 14.6. The van der Waals surface area contributed by atoms with Gasteiger partial charge in [0.2, 0.25) is 0 Å². The van der Waals surface area contributed by atoms with Crippen molar-refractivity contribution >= 4 is 0 Å². The second kappa shape index (κ2) is 10.9. The lowest BCUT2D eigenvalue weighted by Gasteiger charge is -2.23. The van der Waals surface area contributed by atoms with Gasteiger partial charge in [0.25, 0.3) is 0 Å². The molecule has 0 aliphatic heterocycles. The summed E-state index contributed by atoms with van der Waals surface area (Å²) in [6, 6.07) is 0. The monoisotopic (exact) mass is 296 g/mol. The molecule has 0 amide bonds. The number of hydrogen-bond acceptors (Lipinski definition) is 2. The molecule has 0 saturated heterocycles. The van der Waals surface area contributed by atoms with E-state index in [0.717, 1.165) is 32.1 Å².